The first-order valence-corrected chi connectivity index (χ1v) is 5.57. The van der Waals surface area contributed by atoms with Crippen molar-refractivity contribution in [2.24, 2.45) is 5.73 Å². The Balaban J connectivity index is 2.47. The van der Waals surface area contributed by atoms with Gasteiger partial charge in [-0.1, -0.05) is 35.8 Å². The van der Waals surface area contributed by atoms with Crippen LogP contribution in [0, 0.1) is 0 Å². The Morgan fingerprint density at radius 2 is 2.00 bits per heavy atom. The molecule has 0 aliphatic rings. The number of nitrogens with two attached hydrogens (primary N) is 1. The molecule has 2 N–H and O–H groups in total. The molecule has 0 radical (unpaired) electrons. The van der Waals surface area contributed by atoms with Gasteiger partial charge in [0.25, 0.3) is 0 Å². The van der Waals surface area contributed by atoms with E-state index in [4.69, 9.17) is 21.9 Å². The van der Waals surface area contributed by atoms with Crippen molar-refractivity contribution in [1.29, 1.82) is 0 Å². The molecule has 0 unspecified atom stereocenters. The summed E-state index contributed by atoms with van der Waals surface area (Å²) in [5.74, 6) is 0.757. The van der Waals surface area contributed by atoms with E-state index in [0.29, 0.717) is 11.6 Å². The highest BCUT2D eigenvalue weighted by atomic mass is 35.5. The summed E-state index contributed by atoms with van der Waals surface area (Å²) in [7, 11) is 0. The Morgan fingerprint density at radius 1 is 1.31 bits per heavy atom. The van der Waals surface area contributed by atoms with Gasteiger partial charge in [0.2, 0.25) is 0 Å². The molecule has 84 valence electrons. The molecule has 0 saturated heterocycles. The summed E-state index contributed by atoms with van der Waals surface area (Å²) in [4.78, 5) is 0. The predicted molar refractivity (Wildman–Crippen MR) is 64.2 cm³/mol. The third kappa shape index (κ3) is 1.96. The lowest BCUT2D eigenvalue weighted by molar-refractivity contribution is 0.385. The lowest BCUT2D eigenvalue weighted by atomic mass is 10.0. The smallest absolute Gasteiger partial charge is 0.154 e. The maximum Gasteiger partial charge on any atom is 0.154 e. The second kappa shape index (κ2) is 4.68. The molecule has 0 bridgehead atoms. The van der Waals surface area contributed by atoms with Crippen molar-refractivity contribution in [3.8, 4) is 11.3 Å². The molecule has 0 amide bonds. The van der Waals surface area contributed by atoms with Gasteiger partial charge in [-0.25, -0.2) is 0 Å². The Hall–Kier alpha value is -1.32. The van der Waals surface area contributed by atoms with Crippen LogP contribution in [0.15, 0.2) is 28.8 Å². The summed E-state index contributed by atoms with van der Waals surface area (Å²) in [5.41, 5.74) is 8.53. The third-order valence-electron chi connectivity index (χ3n) is 2.53. The van der Waals surface area contributed by atoms with Crippen LogP contribution in [-0.2, 0) is 13.0 Å². The highest BCUT2D eigenvalue weighted by Gasteiger charge is 2.14. The van der Waals surface area contributed by atoms with Gasteiger partial charge in [-0.05, 0) is 18.6 Å². The molecule has 1 aromatic carbocycles. The van der Waals surface area contributed by atoms with Gasteiger partial charge in [-0.2, -0.15) is 0 Å². The van der Waals surface area contributed by atoms with E-state index in [1.807, 2.05) is 24.3 Å². The Bertz CT molecular complexity index is 476. The molecule has 0 spiro atoms. The van der Waals surface area contributed by atoms with Crippen LogP contribution in [0.5, 0.6) is 0 Å². The fourth-order valence-corrected chi connectivity index (χ4v) is 1.83. The first-order valence-electron chi connectivity index (χ1n) is 5.19. The zero-order valence-electron chi connectivity index (χ0n) is 9.03. The van der Waals surface area contributed by atoms with Gasteiger partial charge < -0.3 is 10.3 Å². The zero-order valence-corrected chi connectivity index (χ0v) is 9.79. The average Bonchev–Trinajstić information content (AvgIpc) is 2.72. The number of hydrogen-bond acceptors (Lipinski definition) is 3. The number of hydrogen-bond donors (Lipinski definition) is 1. The molecule has 2 rings (SSSR count). The second-order valence-corrected chi connectivity index (χ2v) is 3.93. The molecule has 0 aliphatic carbocycles. The van der Waals surface area contributed by atoms with Crippen LogP contribution < -0.4 is 5.73 Å². The van der Waals surface area contributed by atoms with Crippen LogP contribution in [0.1, 0.15) is 18.2 Å². The van der Waals surface area contributed by atoms with Crippen molar-refractivity contribution < 1.29 is 4.52 Å². The van der Waals surface area contributed by atoms with E-state index in [-0.39, 0.29) is 0 Å². The summed E-state index contributed by atoms with van der Waals surface area (Å²) in [6.07, 6.45) is 0.855. The highest BCUT2D eigenvalue weighted by Crippen LogP contribution is 2.26. The molecular formula is C12H13ClN2O. The van der Waals surface area contributed by atoms with Gasteiger partial charge in [0.05, 0.1) is 6.54 Å². The van der Waals surface area contributed by atoms with Crippen molar-refractivity contribution in [3.05, 3.63) is 40.6 Å². The van der Waals surface area contributed by atoms with E-state index in [1.165, 1.54) is 0 Å². The molecule has 0 fully saturated rings. The van der Waals surface area contributed by atoms with Crippen molar-refractivity contribution in [2.75, 3.05) is 0 Å². The summed E-state index contributed by atoms with van der Waals surface area (Å²) >= 11 is 5.84. The van der Waals surface area contributed by atoms with Gasteiger partial charge in [-0.15, -0.1) is 0 Å². The SMILES string of the molecule is CCc1c(-c2ccc(Cl)cc2)noc1CN. The fourth-order valence-electron chi connectivity index (χ4n) is 1.70. The Morgan fingerprint density at radius 3 is 2.56 bits per heavy atom. The van der Waals surface area contributed by atoms with Gasteiger partial charge in [-0.3, -0.25) is 0 Å². The minimum absolute atomic E-state index is 0.379. The standard InChI is InChI=1S/C12H13ClN2O/c1-2-10-11(7-14)16-15-12(10)8-3-5-9(13)6-4-8/h3-6H,2,7,14H2,1H3. The maximum atomic E-state index is 5.84. The molecular weight excluding hydrogens is 224 g/mol. The van der Waals surface area contributed by atoms with Gasteiger partial charge >= 0.3 is 0 Å². The van der Waals surface area contributed by atoms with Crippen LogP contribution in [0.25, 0.3) is 11.3 Å². The molecule has 0 aliphatic heterocycles. The fraction of sp³-hybridized carbons (Fsp3) is 0.250. The van der Waals surface area contributed by atoms with Crippen LogP contribution >= 0.6 is 11.6 Å². The minimum atomic E-state index is 0.379. The van der Waals surface area contributed by atoms with Crippen LogP contribution in [0.2, 0.25) is 5.02 Å². The number of benzene rings is 1. The van der Waals surface area contributed by atoms with E-state index in [2.05, 4.69) is 12.1 Å². The van der Waals surface area contributed by atoms with Gasteiger partial charge in [0.1, 0.15) is 5.69 Å². The summed E-state index contributed by atoms with van der Waals surface area (Å²) in [6, 6.07) is 7.54. The third-order valence-corrected chi connectivity index (χ3v) is 2.78. The summed E-state index contributed by atoms with van der Waals surface area (Å²) < 4.78 is 5.21. The second-order valence-electron chi connectivity index (χ2n) is 3.50. The number of nitrogens with zero attached hydrogens (tertiary/aromatic N) is 1. The molecule has 0 atom stereocenters. The molecule has 16 heavy (non-hydrogen) atoms. The Kier molecular flexibility index (Phi) is 3.27. The molecule has 2 aromatic rings. The predicted octanol–water partition coefficient (Wildman–Crippen LogP) is 3.02. The van der Waals surface area contributed by atoms with Crippen LogP contribution in [0.3, 0.4) is 0 Å². The van der Waals surface area contributed by atoms with Crippen molar-refractivity contribution in [3.63, 3.8) is 0 Å². The number of rotatable bonds is 3. The number of aromatic nitrogens is 1. The highest BCUT2D eigenvalue weighted by molar-refractivity contribution is 6.30. The lowest BCUT2D eigenvalue weighted by Gasteiger charge is -2.00. The number of halogens is 1. The van der Waals surface area contributed by atoms with Crippen molar-refractivity contribution in [1.82, 2.24) is 5.16 Å². The molecule has 1 aromatic heterocycles. The molecule has 4 heteroatoms. The monoisotopic (exact) mass is 236 g/mol. The van der Waals surface area contributed by atoms with Crippen LogP contribution in [-0.4, -0.2) is 5.16 Å². The first kappa shape index (κ1) is 11.2. The molecule has 3 nitrogen and oxygen atoms in total. The zero-order chi connectivity index (χ0) is 11.5. The van der Waals surface area contributed by atoms with Crippen LogP contribution in [0.4, 0.5) is 0 Å². The molecule has 1 heterocycles. The van der Waals surface area contributed by atoms with E-state index in [0.717, 1.165) is 29.0 Å². The average molecular weight is 237 g/mol. The minimum Gasteiger partial charge on any atom is -0.359 e. The first-order chi connectivity index (χ1) is 7.76. The van der Waals surface area contributed by atoms with E-state index in [9.17, 15) is 0 Å². The van der Waals surface area contributed by atoms with E-state index < -0.39 is 0 Å². The summed E-state index contributed by atoms with van der Waals surface area (Å²) in [5, 5.41) is 4.77. The molecule has 0 saturated carbocycles. The maximum absolute atomic E-state index is 5.84. The normalized spacial score (nSPS) is 10.7. The quantitative estimate of drug-likeness (QED) is 0.891. The summed E-state index contributed by atoms with van der Waals surface area (Å²) in [6.45, 7) is 2.44. The van der Waals surface area contributed by atoms with E-state index >= 15 is 0 Å². The topological polar surface area (TPSA) is 52.0 Å². The van der Waals surface area contributed by atoms with Crippen molar-refractivity contribution >= 4 is 11.6 Å². The largest absolute Gasteiger partial charge is 0.359 e. The van der Waals surface area contributed by atoms with Gasteiger partial charge in [0, 0.05) is 16.1 Å². The van der Waals surface area contributed by atoms with E-state index in [1.54, 1.807) is 0 Å². The Labute approximate surface area is 99.2 Å². The van der Waals surface area contributed by atoms with Crippen molar-refractivity contribution in [2.45, 2.75) is 19.9 Å². The van der Waals surface area contributed by atoms with Gasteiger partial charge in [0.15, 0.2) is 5.76 Å². The lowest BCUT2D eigenvalue weighted by Crippen LogP contribution is -1.98.